The first kappa shape index (κ1) is 17.1. The van der Waals surface area contributed by atoms with Gasteiger partial charge in [-0.3, -0.25) is 4.79 Å². The number of amides is 1. The Morgan fingerprint density at radius 1 is 1.32 bits per heavy atom. The Hall–Kier alpha value is -1.37. The molecular formula is C19H23N3OS2. The summed E-state index contributed by atoms with van der Waals surface area (Å²) in [4.78, 5) is 20.8. The van der Waals surface area contributed by atoms with Crippen LogP contribution in [0.4, 0.5) is 0 Å². The van der Waals surface area contributed by atoms with Crippen molar-refractivity contribution in [2.24, 2.45) is 0 Å². The average molecular weight is 374 g/mol. The topological polar surface area (TPSA) is 45.2 Å². The lowest BCUT2D eigenvalue weighted by molar-refractivity contribution is 0.0744. The van der Waals surface area contributed by atoms with Crippen LogP contribution in [0.15, 0.2) is 34.5 Å². The SMILES string of the molecule is Cc1nc(CSc2ccccc2C(=O)N2CCC3CCC(C2)N3)cs1. The molecule has 2 bridgehead atoms. The molecule has 2 fully saturated rings. The second-order valence-electron chi connectivity index (χ2n) is 6.82. The zero-order valence-electron chi connectivity index (χ0n) is 14.4. The summed E-state index contributed by atoms with van der Waals surface area (Å²) in [5.41, 5.74) is 1.92. The highest BCUT2D eigenvalue weighted by Gasteiger charge is 2.31. The van der Waals surface area contributed by atoms with Gasteiger partial charge in [0.2, 0.25) is 0 Å². The Morgan fingerprint density at radius 3 is 3.00 bits per heavy atom. The number of fused-ring (bicyclic) bond motifs is 2. The minimum Gasteiger partial charge on any atom is -0.337 e. The van der Waals surface area contributed by atoms with Crippen molar-refractivity contribution in [1.82, 2.24) is 15.2 Å². The highest BCUT2D eigenvalue weighted by atomic mass is 32.2. The molecule has 2 aromatic rings. The van der Waals surface area contributed by atoms with E-state index < -0.39 is 0 Å². The number of rotatable bonds is 4. The molecule has 2 aliphatic rings. The Labute approximate surface area is 157 Å². The van der Waals surface area contributed by atoms with Gasteiger partial charge in [0, 0.05) is 41.2 Å². The summed E-state index contributed by atoms with van der Waals surface area (Å²) in [5.74, 6) is 0.979. The molecule has 4 rings (SSSR count). The zero-order chi connectivity index (χ0) is 17.2. The first-order valence-corrected chi connectivity index (χ1v) is 10.7. The minimum absolute atomic E-state index is 0.173. The molecule has 132 valence electrons. The number of aromatic nitrogens is 1. The van der Waals surface area contributed by atoms with Crippen molar-refractivity contribution in [3.63, 3.8) is 0 Å². The first-order valence-electron chi connectivity index (χ1n) is 8.87. The number of thioether (sulfide) groups is 1. The molecule has 2 aliphatic heterocycles. The van der Waals surface area contributed by atoms with E-state index in [1.165, 1.54) is 12.8 Å². The lowest BCUT2D eigenvalue weighted by Crippen LogP contribution is -2.39. The number of hydrogen-bond donors (Lipinski definition) is 1. The molecule has 0 spiro atoms. The van der Waals surface area contributed by atoms with Crippen LogP contribution in [-0.2, 0) is 5.75 Å². The fraction of sp³-hybridized carbons (Fsp3) is 0.474. The van der Waals surface area contributed by atoms with Crippen LogP contribution in [0.25, 0.3) is 0 Å². The summed E-state index contributed by atoms with van der Waals surface area (Å²) in [6.45, 7) is 3.72. The van der Waals surface area contributed by atoms with E-state index in [2.05, 4.69) is 21.7 Å². The van der Waals surface area contributed by atoms with Crippen LogP contribution in [0.2, 0.25) is 0 Å². The van der Waals surface area contributed by atoms with Gasteiger partial charge in [0.25, 0.3) is 5.91 Å². The van der Waals surface area contributed by atoms with Gasteiger partial charge in [0.1, 0.15) is 0 Å². The third kappa shape index (κ3) is 3.91. The number of hydrogen-bond acceptors (Lipinski definition) is 5. The van der Waals surface area contributed by atoms with Crippen molar-refractivity contribution in [3.05, 3.63) is 45.9 Å². The van der Waals surface area contributed by atoms with Gasteiger partial charge in [-0.2, -0.15) is 0 Å². The molecule has 6 heteroatoms. The van der Waals surface area contributed by atoms with Crippen LogP contribution in [-0.4, -0.2) is 41.0 Å². The molecule has 1 aromatic carbocycles. The molecule has 2 saturated heterocycles. The molecule has 1 N–H and O–H groups in total. The maximum absolute atomic E-state index is 13.1. The second kappa shape index (κ2) is 7.48. The summed E-state index contributed by atoms with van der Waals surface area (Å²) in [6, 6.07) is 9.06. The van der Waals surface area contributed by atoms with E-state index in [1.807, 2.05) is 30.0 Å². The van der Waals surface area contributed by atoms with E-state index in [0.29, 0.717) is 12.1 Å². The summed E-state index contributed by atoms with van der Waals surface area (Å²) in [7, 11) is 0. The molecule has 2 unspecified atom stereocenters. The van der Waals surface area contributed by atoms with Gasteiger partial charge < -0.3 is 10.2 Å². The molecule has 1 aromatic heterocycles. The van der Waals surface area contributed by atoms with Crippen molar-refractivity contribution in [2.45, 2.75) is 48.9 Å². The maximum atomic E-state index is 13.1. The van der Waals surface area contributed by atoms with Crippen molar-refractivity contribution in [1.29, 1.82) is 0 Å². The number of aryl methyl sites for hydroxylation is 1. The Balaban J connectivity index is 1.48. The number of nitrogens with one attached hydrogen (secondary N) is 1. The van der Waals surface area contributed by atoms with Gasteiger partial charge in [0.05, 0.1) is 16.3 Å². The monoisotopic (exact) mass is 373 g/mol. The van der Waals surface area contributed by atoms with Gasteiger partial charge in [-0.15, -0.1) is 23.1 Å². The first-order chi connectivity index (χ1) is 12.2. The number of thiazole rings is 1. The van der Waals surface area contributed by atoms with E-state index in [1.54, 1.807) is 23.1 Å². The average Bonchev–Trinajstić information content (AvgIpc) is 3.17. The Morgan fingerprint density at radius 2 is 2.16 bits per heavy atom. The van der Waals surface area contributed by atoms with Crippen LogP contribution < -0.4 is 5.32 Å². The van der Waals surface area contributed by atoms with Crippen molar-refractivity contribution < 1.29 is 4.79 Å². The van der Waals surface area contributed by atoms with Gasteiger partial charge in [0.15, 0.2) is 0 Å². The molecule has 0 aliphatic carbocycles. The Bertz CT molecular complexity index is 761. The van der Waals surface area contributed by atoms with E-state index >= 15 is 0 Å². The standard InChI is InChI=1S/C19H23N3OS2/c1-13-20-16(11-24-13)12-25-18-5-3-2-4-17(18)19(23)22-9-8-14-6-7-15(10-22)21-14/h2-5,11,14-15,21H,6-10,12H2,1H3. The predicted octanol–water partition coefficient (Wildman–Crippen LogP) is 3.71. The summed E-state index contributed by atoms with van der Waals surface area (Å²) in [6.07, 6.45) is 3.51. The number of carbonyl (C=O) groups is 1. The van der Waals surface area contributed by atoms with Gasteiger partial charge in [-0.05, 0) is 38.3 Å². The van der Waals surface area contributed by atoms with Gasteiger partial charge in [-0.1, -0.05) is 12.1 Å². The second-order valence-corrected chi connectivity index (χ2v) is 8.90. The largest absolute Gasteiger partial charge is 0.337 e. The third-order valence-corrected chi connectivity index (χ3v) is 6.90. The van der Waals surface area contributed by atoms with Crippen molar-refractivity contribution in [3.8, 4) is 0 Å². The van der Waals surface area contributed by atoms with E-state index in [4.69, 9.17) is 0 Å². The molecule has 25 heavy (non-hydrogen) atoms. The van der Waals surface area contributed by atoms with Crippen molar-refractivity contribution >= 4 is 29.0 Å². The van der Waals surface area contributed by atoms with Crippen LogP contribution in [0, 0.1) is 6.92 Å². The van der Waals surface area contributed by atoms with E-state index in [9.17, 15) is 4.79 Å². The number of likely N-dealkylation sites (tertiary alicyclic amines) is 1. The van der Waals surface area contributed by atoms with E-state index in [-0.39, 0.29) is 5.91 Å². The number of carbonyl (C=O) groups excluding carboxylic acids is 1. The predicted molar refractivity (Wildman–Crippen MR) is 103 cm³/mol. The van der Waals surface area contributed by atoms with Gasteiger partial charge >= 0.3 is 0 Å². The lowest BCUT2D eigenvalue weighted by Gasteiger charge is -2.25. The fourth-order valence-corrected chi connectivity index (χ4v) is 5.35. The molecule has 1 amide bonds. The summed E-state index contributed by atoms with van der Waals surface area (Å²) >= 11 is 3.38. The lowest BCUT2D eigenvalue weighted by atomic mass is 10.1. The summed E-state index contributed by atoms with van der Waals surface area (Å²) < 4.78 is 0. The fourth-order valence-electron chi connectivity index (χ4n) is 3.69. The normalized spacial score (nSPS) is 22.8. The van der Waals surface area contributed by atoms with E-state index in [0.717, 1.165) is 46.4 Å². The van der Waals surface area contributed by atoms with Crippen LogP contribution >= 0.6 is 23.1 Å². The molecule has 2 atom stereocenters. The highest BCUT2D eigenvalue weighted by Crippen LogP contribution is 2.29. The van der Waals surface area contributed by atoms with Crippen LogP contribution in [0.5, 0.6) is 0 Å². The van der Waals surface area contributed by atoms with Crippen LogP contribution in [0.1, 0.15) is 40.3 Å². The minimum atomic E-state index is 0.173. The Kier molecular flexibility index (Phi) is 5.10. The van der Waals surface area contributed by atoms with Crippen LogP contribution in [0.3, 0.4) is 0 Å². The third-order valence-electron chi connectivity index (χ3n) is 4.97. The zero-order valence-corrected chi connectivity index (χ0v) is 16.0. The molecular weight excluding hydrogens is 350 g/mol. The molecule has 0 radical (unpaired) electrons. The quantitative estimate of drug-likeness (QED) is 0.830. The molecule has 4 nitrogen and oxygen atoms in total. The maximum Gasteiger partial charge on any atom is 0.255 e. The van der Waals surface area contributed by atoms with Gasteiger partial charge in [-0.25, -0.2) is 4.98 Å². The highest BCUT2D eigenvalue weighted by molar-refractivity contribution is 7.98. The number of benzene rings is 1. The number of nitrogens with zero attached hydrogens (tertiary/aromatic N) is 2. The van der Waals surface area contributed by atoms with Crippen molar-refractivity contribution in [2.75, 3.05) is 13.1 Å². The summed E-state index contributed by atoms with van der Waals surface area (Å²) in [5, 5.41) is 6.84. The smallest absolute Gasteiger partial charge is 0.255 e. The molecule has 0 saturated carbocycles. The molecule has 3 heterocycles.